The number of carbonyl (C=O) groups is 1. The van der Waals surface area contributed by atoms with Crippen LogP contribution < -0.4 is 4.74 Å². The molecular formula is C31H36O3. The van der Waals surface area contributed by atoms with Gasteiger partial charge in [-0.05, 0) is 103 Å². The first-order valence-corrected chi connectivity index (χ1v) is 12.8. The van der Waals surface area contributed by atoms with Crippen LogP contribution in [0, 0.1) is 17.8 Å². The zero-order valence-electron chi connectivity index (χ0n) is 20.5. The summed E-state index contributed by atoms with van der Waals surface area (Å²) in [7, 11) is 3.23. The van der Waals surface area contributed by atoms with Crippen LogP contribution in [0.1, 0.15) is 61.6 Å². The van der Waals surface area contributed by atoms with Gasteiger partial charge < -0.3 is 9.47 Å². The van der Waals surface area contributed by atoms with Crippen LogP contribution in [-0.2, 0) is 21.4 Å². The SMILES string of the molecule is COC(=O)/C=C\C(=C\CCc1ccc(C23CC4CC(CC(C4)C2)C3)c(OC)c1)c1ccccc1. The molecule has 0 amide bonds. The van der Waals surface area contributed by atoms with Gasteiger partial charge in [0, 0.05) is 11.6 Å². The zero-order chi connectivity index (χ0) is 23.5. The topological polar surface area (TPSA) is 35.5 Å². The second-order valence-electron chi connectivity index (χ2n) is 10.7. The van der Waals surface area contributed by atoms with Gasteiger partial charge in [-0.25, -0.2) is 4.79 Å². The number of allylic oxidation sites excluding steroid dienone is 3. The molecule has 0 spiro atoms. The van der Waals surface area contributed by atoms with E-state index < -0.39 is 0 Å². The van der Waals surface area contributed by atoms with E-state index in [-0.39, 0.29) is 5.97 Å². The van der Waals surface area contributed by atoms with Crippen molar-refractivity contribution < 1.29 is 14.3 Å². The Kier molecular flexibility index (Phi) is 6.63. The number of aryl methyl sites for hydroxylation is 1. The molecule has 4 fully saturated rings. The van der Waals surface area contributed by atoms with Gasteiger partial charge in [-0.1, -0.05) is 48.5 Å². The number of methoxy groups -OCH3 is 2. The van der Waals surface area contributed by atoms with E-state index in [4.69, 9.17) is 9.47 Å². The number of ether oxygens (including phenoxy) is 2. The maximum atomic E-state index is 11.6. The van der Waals surface area contributed by atoms with Gasteiger partial charge in [0.25, 0.3) is 0 Å². The van der Waals surface area contributed by atoms with Crippen LogP contribution in [0.4, 0.5) is 0 Å². The second kappa shape index (κ2) is 9.82. The summed E-state index contributed by atoms with van der Waals surface area (Å²) in [5.74, 6) is 3.52. The molecular weight excluding hydrogens is 420 g/mol. The first kappa shape index (κ1) is 23.0. The van der Waals surface area contributed by atoms with Crippen molar-refractivity contribution in [3.05, 3.63) is 83.4 Å². The molecule has 0 heterocycles. The van der Waals surface area contributed by atoms with Crippen molar-refractivity contribution in [2.75, 3.05) is 14.2 Å². The van der Waals surface area contributed by atoms with Gasteiger partial charge >= 0.3 is 5.97 Å². The van der Waals surface area contributed by atoms with Crippen LogP contribution in [0.5, 0.6) is 5.75 Å². The maximum absolute atomic E-state index is 11.6. The minimum atomic E-state index is -0.341. The largest absolute Gasteiger partial charge is 0.496 e. The Morgan fingerprint density at radius 3 is 2.24 bits per heavy atom. The van der Waals surface area contributed by atoms with Crippen LogP contribution in [0.25, 0.3) is 5.57 Å². The number of hydrogen-bond donors (Lipinski definition) is 0. The van der Waals surface area contributed by atoms with Crippen LogP contribution in [0.3, 0.4) is 0 Å². The molecule has 2 aromatic rings. The number of esters is 1. The lowest BCUT2D eigenvalue weighted by Gasteiger charge is -2.57. The predicted molar refractivity (Wildman–Crippen MR) is 137 cm³/mol. The lowest BCUT2D eigenvalue weighted by Crippen LogP contribution is -2.48. The Bertz CT molecular complexity index is 1040. The third-order valence-corrected chi connectivity index (χ3v) is 8.38. The van der Waals surface area contributed by atoms with Crippen molar-refractivity contribution >= 4 is 11.5 Å². The first-order chi connectivity index (χ1) is 16.6. The molecule has 0 unspecified atom stereocenters. The van der Waals surface area contributed by atoms with Gasteiger partial charge in [0.05, 0.1) is 14.2 Å². The highest BCUT2D eigenvalue weighted by atomic mass is 16.5. The summed E-state index contributed by atoms with van der Waals surface area (Å²) < 4.78 is 10.7. The van der Waals surface area contributed by atoms with Crippen molar-refractivity contribution in [2.24, 2.45) is 17.8 Å². The lowest BCUT2D eigenvalue weighted by atomic mass is 9.48. The summed E-state index contributed by atoms with van der Waals surface area (Å²) in [6.45, 7) is 0. The van der Waals surface area contributed by atoms with Crippen LogP contribution in [0.2, 0.25) is 0 Å². The molecule has 4 aliphatic rings. The standard InChI is InChI=1S/C31H36O3/c1-33-29-18-22(7-6-10-27(12-14-30(32)34-2)26-8-4-3-5-9-26)11-13-28(29)31-19-23-15-24(20-31)17-25(16-23)21-31/h3-5,8-14,18,23-25H,6-7,15-17,19-21H2,1-2H3/b14-12-,27-10-. The molecule has 0 saturated heterocycles. The molecule has 0 radical (unpaired) electrons. The molecule has 0 atom stereocenters. The van der Waals surface area contributed by atoms with Gasteiger partial charge in [-0.15, -0.1) is 0 Å². The molecule has 2 aromatic carbocycles. The molecule has 4 bridgehead atoms. The molecule has 6 rings (SSSR count). The van der Waals surface area contributed by atoms with Crippen LogP contribution in [0.15, 0.2) is 66.8 Å². The highest BCUT2D eigenvalue weighted by Gasteiger charge is 2.52. The molecule has 0 N–H and O–H groups in total. The third kappa shape index (κ3) is 4.71. The number of rotatable bonds is 8. The number of hydrogen-bond acceptors (Lipinski definition) is 3. The number of benzene rings is 2. The molecule has 178 valence electrons. The van der Waals surface area contributed by atoms with E-state index in [9.17, 15) is 4.79 Å². The van der Waals surface area contributed by atoms with E-state index in [0.717, 1.165) is 47.5 Å². The van der Waals surface area contributed by atoms with Gasteiger partial charge in [-0.3, -0.25) is 0 Å². The normalized spacial score (nSPS) is 27.8. The third-order valence-electron chi connectivity index (χ3n) is 8.38. The molecule has 4 aliphatic carbocycles. The average molecular weight is 457 g/mol. The quantitative estimate of drug-likeness (QED) is 0.246. The average Bonchev–Trinajstić information content (AvgIpc) is 2.85. The molecule has 0 aliphatic heterocycles. The van der Waals surface area contributed by atoms with E-state index in [2.05, 4.69) is 36.4 Å². The van der Waals surface area contributed by atoms with Crippen molar-refractivity contribution in [3.63, 3.8) is 0 Å². The van der Waals surface area contributed by atoms with Gasteiger partial charge in [0.2, 0.25) is 0 Å². The smallest absolute Gasteiger partial charge is 0.330 e. The molecule has 34 heavy (non-hydrogen) atoms. The highest BCUT2D eigenvalue weighted by molar-refractivity contribution is 5.87. The number of carbonyl (C=O) groups excluding carboxylic acids is 1. The Morgan fingerprint density at radius 1 is 0.941 bits per heavy atom. The fraction of sp³-hybridized carbons (Fsp3) is 0.452. The molecule has 0 aromatic heterocycles. The van der Waals surface area contributed by atoms with Crippen molar-refractivity contribution in [3.8, 4) is 5.75 Å². The summed E-state index contributed by atoms with van der Waals surface area (Å²) >= 11 is 0. The van der Waals surface area contributed by atoms with Gasteiger partial charge in [0.15, 0.2) is 0 Å². The minimum Gasteiger partial charge on any atom is -0.496 e. The summed E-state index contributed by atoms with van der Waals surface area (Å²) in [6, 6.07) is 17.1. The van der Waals surface area contributed by atoms with Crippen molar-refractivity contribution in [1.82, 2.24) is 0 Å². The van der Waals surface area contributed by atoms with Gasteiger partial charge in [0.1, 0.15) is 5.75 Å². The summed E-state index contributed by atoms with van der Waals surface area (Å²) in [5, 5.41) is 0. The molecule has 3 heteroatoms. The van der Waals surface area contributed by atoms with Crippen LogP contribution in [-0.4, -0.2) is 20.2 Å². The van der Waals surface area contributed by atoms with E-state index in [1.807, 2.05) is 31.4 Å². The van der Waals surface area contributed by atoms with Crippen molar-refractivity contribution in [2.45, 2.75) is 56.8 Å². The monoisotopic (exact) mass is 456 g/mol. The van der Waals surface area contributed by atoms with E-state index in [0.29, 0.717) is 5.41 Å². The van der Waals surface area contributed by atoms with Crippen LogP contribution >= 0.6 is 0 Å². The summed E-state index contributed by atoms with van der Waals surface area (Å²) in [5.41, 5.74) is 5.23. The Hall–Kier alpha value is -2.81. The van der Waals surface area contributed by atoms with Crippen molar-refractivity contribution in [1.29, 1.82) is 0 Å². The van der Waals surface area contributed by atoms with E-state index in [1.165, 1.54) is 62.8 Å². The van der Waals surface area contributed by atoms with E-state index in [1.54, 1.807) is 0 Å². The Morgan fingerprint density at radius 2 is 1.62 bits per heavy atom. The second-order valence-corrected chi connectivity index (χ2v) is 10.7. The molecule has 3 nitrogen and oxygen atoms in total. The maximum Gasteiger partial charge on any atom is 0.330 e. The first-order valence-electron chi connectivity index (χ1n) is 12.8. The predicted octanol–water partition coefficient (Wildman–Crippen LogP) is 6.91. The molecule has 4 saturated carbocycles. The summed E-state index contributed by atoms with van der Waals surface area (Å²) in [6.07, 6.45) is 15.8. The fourth-order valence-electron chi connectivity index (χ4n) is 7.30. The van der Waals surface area contributed by atoms with Gasteiger partial charge in [-0.2, -0.15) is 0 Å². The minimum absolute atomic E-state index is 0.341. The Labute approximate surface area is 203 Å². The summed E-state index contributed by atoms with van der Waals surface area (Å²) in [4.78, 5) is 11.6. The Balaban J connectivity index is 1.33. The highest BCUT2D eigenvalue weighted by Crippen LogP contribution is 2.61. The fourth-order valence-corrected chi connectivity index (χ4v) is 7.30. The lowest BCUT2D eigenvalue weighted by molar-refractivity contribution is -0.134. The van der Waals surface area contributed by atoms with E-state index >= 15 is 0 Å². The zero-order valence-corrected chi connectivity index (χ0v) is 20.5.